The van der Waals surface area contributed by atoms with E-state index in [4.69, 9.17) is 9.47 Å². The molecule has 3 atom stereocenters. The van der Waals surface area contributed by atoms with E-state index in [1.807, 2.05) is 12.1 Å². The van der Waals surface area contributed by atoms with Crippen LogP contribution in [0.2, 0.25) is 0 Å². The van der Waals surface area contributed by atoms with Gasteiger partial charge in [-0.1, -0.05) is 36.4 Å². The molecular weight excluding hydrogens is 438 g/mol. The third-order valence-corrected chi connectivity index (χ3v) is 5.57. The Morgan fingerprint density at radius 3 is 2.44 bits per heavy atom. The molecule has 10 heteroatoms. The lowest BCUT2D eigenvalue weighted by Crippen LogP contribution is -2.30. The number of aromatic nitrogens is 4. The highest BCUT2D eigenvalue weighted by atomic mass is 16.6. The second kappa shape index (κ2) is 9.38. The van der Waals surface area contributed by atoms with Gasteiger partial charge in [-0.2, -0.15) is 0 Å². The van der Waals surface area contributed by atoms with Gasteiger partial charge in [0.2, 0.25) is 0 Å². The van der Waals surface area contributed by atoms with Crippen LogP contribution in [0.25, 0.3) is 11.2 Å². The van der Waals surface area contributed by atoms with Gasteiger partial charge in [0, 0.05) is 12.0 Å². The van der Waals surface area contributed by atoms with E-state index in [0.717, 1.165) is 0 Å². The largest absolute Gasteiger partial charge is 0.456 e. The number of benzene rings is 2. The molecule has 0 saturated carbocycles. The molecule has 0 aliphatic carbocycles. The highest BCUT2D eigenvalue weighted by molar-refractivity contribution is 6.06. The number of anilines is 1. The number of imidazole rings is 1. The number of carbonyl (C=O) groups excluding carboxylic acids is 2. The van der Waals surface area contributed by atoms with Gasteiger partial charge < -0.3 is 19.9 Å². The Labute approximate surface area is 194 Å². The average molecular weight is 459 g/mol. The number of hydrogen-bond donors (Lipinski definition) is 2. The number of rotatable bonds is 6. The summed E-state index contributed by atoms with van der Waals surface area (Å²) in [6.07, 6.45) is 1.21. The SMILES string of the molecule is O=C(Nc1ncnc2c1ncn2[C@H]1C[C@H](OC(=O)c2ccccc2)[C@@H](CO)O1)c1ccccc1. The van der Waals surface area contributed by atoms with Gasteiger partial charge in [0.15, 0.2) is 17.0 Å². The molecular formula is C24H21N5O5. The lowest BCUT2D eigenvalue weighted by Gasteiger charge is -2.16. The molecule has 0 spiro atoms. The first-order chi connectivity index (χ1) is 16.6. The third-order valence-electron chi connectivity index (χ3n) is 5.57. The number of fused-ring (bicyclic) bond motifs is 1. The maximum absolute atomic E-state index is 12.6. The van der Waals surface area contributed by atoms with Crippen molar-refractivity contribution in [1.29, 1.82) is 0 Å². The highest BCUT2D eigenvalue weighted by Gasteiger charge is 2.39. The predicted octanol–water partition coefficient (Wildman–Crippen LogP) is 2.58. The van der Waals surface area contributed by atoms with Crippen LogP contribution < -0.4 is 5.32 Å². The van der Waals surface area contributed by atoms with Crippen LogP contribution in [0.5, 0.6) is 0 Å². The lowest BCUT2D eigenvalue weighted by atomic mass is 10.1. The Bertz CT molecular complexity index is 1310. The summed E-state index contributed by atoms with van der Waals surface area (Å²) in [5.41, 5.74) is 1.74. The molecule has 1 amide bonds. The molecule has 10 nitrogen and oxygen atoms in total. The van der Waals surface area contributed by atoms with Crippen molar-refractivity contribution in [2.24, 2.45) is 0 Å². The highest BCUT2D eigenvalue weighted by Crippen LogP contribution is 2.33. The van der Waals surface area contributed by atoms with Crippen LogP contribution in [0.3, 0.4) is 0 Å². The van der Waals surface area contributed by atoms with Crippen molar-refractivity contribution >= 4 is 28.9 Å². The minimum Gasteiger partial charge on any atom is -0.456 e. The number of hydrogen-bond acceptors (Lipinski definition) is 8. The minimum atomic E-state index is -0.700. The first-order valence-electron chi connectivity index (χ1n) is 10.7. The van der Waals surface area contributed by atoms with Crippen LogP contribution in [0, 0.1) is 0 Å². The number of amides is 1. The van der Waals surface area contributed by atoms with Crippen molar-refractivity contribution in [2.45, 2.75) is 24.9 Å². The van der Waals surface area contributed by atoms with Crippen LogP contribution in [0.4, 0.5) is 5.82 Å². The van der Waals surface area contributed by atoms with Gasteiger partial charge in [0.1, 0.15) is 24.8 Å². The van der Waals surface area contributed by atoms with Crippen molar-refractivity contribution in [2.75, 3.05) is 11.9 Å². The number of nitrogens with one attached hydrogen (secondary N) is 1. The minimum absolute atomic E-state index is 0.265. The van der Waals surface area contributed by atoms with E-state index in [9.17, 15) is 14.7 Å². The summed E-state index contributed by atoms with van der Waals surface area (Å²) in [6, 6.07) is 17.4. The number of esters is 1. The van der Waals surface area contributed by atoms with Crippen molar-refractivity contribution < 1.29 is 24.2 Å². The van der Waals surface area contributed by atoms with E-state index in [1.54, 1.807) is 53.1 Å². The van der Waals surface area contributed by atoms with E-state index in [2.05, 4.69) is 20.3 Å². The van der Waals surface area contributed by atoms with E-state index in [-0.39, 0.29) is 18.3 Å². The maximum Gasteiger partial charge on any atom is 0.338 e. The molecule has 1 fully saturated rings. The summed E-state index contributed by atoms with van der Waals surface area (Å²) < 4.78 is 13.2. The van der Waals surface area contributed by atoms with E-state index in [0.29, 0.717) is 28.7 Å². The number of ether oxygens (including phenoxy) is 2. The van der Waals surface area contributed by atoms with Crippen molar-refractivity contribution in [3.8, 4) is 0 Å². The van der Waals surface area contributed by atoms with Gasteiger partial charge in [-0.25, -0.2) is 19.7 Å². The zero-order valence-electron chi connectivity index (χ0n) is 17.9. The topological polar surface area (TPSA) is 128 Å². The average Bonchev–Trinajstić information content (AvgIpc) is 3.49. The molecule has 0 unspecified atom stereocenters. The molecule has 5 rings (SSSR count). The van der Waals surface area contributed by atoms with Crippen LogP contribution in [-0.2, 0) is 9.47 Å². The molecule has 2 aromatic carbocycles. The molecule has 4 aromatic rings. The third kappa shape index (κ3) is 4.24. The summed E-state index contributed by atoms with van der Waals surface area (Å²) in [6.45, 7) is -0.316. The summed E-state index contributed by atoms with van der Waals surface area (Å²) in [5.74, 6) is -0.543. The van der Waals surface area contributed by atoms with E-state index >= 15 is 0 Å². The fourth-order valence-corrected chi connectivity index (χ4v) is 3.86. The van der Waals surface area contributed by atoms with Crippen LogP contribution in [-0.4, -0.2) is 55.3 Å². The fraction of sp³-hybridized carbons (Fsp3) is 0.208. The normalized spacial score (nSPS) is 19.7. The van der Waals surface area contributed by atoms with Crippen molar-refractivity contribution in [3.05, 3.63) is 84.4 Å². The van der Waals surface area contributed by atoms with Crippen LogP contribution in [0.1, 0.15) is 33.4 Å². The Hall–Kier alpha value is -4.15. The Kier molecular flexibility index (Phi) is 5.98. The zero-order valence-corrected chi connectivity index (χ0v) is 17.9. The maximum atomic E-state index is 12.6. The second-order valence-corrected chi connectivity index (χ2v) is 7.72. The van der Waals surface area contributed by atoms with Crippen molar-refractivity contribution in [3.63, 3.8) is 0 Å². The molecule has 172 valence electrons. The van der Waals surface area contributed by atoms with Gasteiger partial charge >= 0.3 is 5.97 Å². The molecule has 2 aromatic heterocycles. The monoisotopic (exact) mass is 459 g/mol. The Balaban J connectivity index is 1.35. The van der Waals surface area contributed by atoms with Gasteiger partial charge in [-0.3, -0.25) is 9.36 Å². The molecule has 1 aliphatic rings. The standard InChI is InChI=1S/C24H21N5O5/c30-12-18-17(34-24(32)16-9-5-2-6-10-16)11-19(33-18)29-14-27-20-21(25-13-26-22(20)29)28-23(31)15-7-3-1-4-8-15/h1-10,13-14,17-19,30H,11-12H2,(H,25,26,28,31)/t17-,18+,19+/m0/s1. The number of aliphatic hydroxyl groups excluding tert-OH is 1. The summed E-state index contributed by atoms with van der Waals surface area (Å²) >= 11 is 0. The molecule has 3 heterocycles. The van der Waals surface area contributed by atoms with Gasteiger partial charge in [0.25, 0.3) is 5.91 Å². The van der Waals surface area contributed by atoms with E-state index in [1.165, 1.54) is 12.7 Å². The van der Waals surface area contributed by atoms with Crippen LogP contribution >= 0.6 is 0 Å². The molecule has 0 bridgehead atoms. The van der Waals surface area contributed by atoms with Crippen molar-refractivity contribution in [1.82, 2.24) is 19.5 Å². The Morgan fingerprint density at radius 1 is 1.03 bits per heavy atom. The smallest absolute Gasteiger partial charge is 0.338 e. The number of aliphatic hydroxyl groups is 1. The molecule has 34 heavy (non-hydrogen) atoms. The molecule has 0 radical (unpaired) electrons. The number of carbonyl (C=O) groups is 2. The van der Waals surface area contributed by atoms with Gasteiger partial charge in [0.05, 0.1) is 18.5 Å². The molecule has 1 aliphatic heterocycles. The fourth-order valence-electron chi connectivity index (χ4n) is 3.86. The van der Waals surface area contributed by atoms with E-state index < -0.39 is 24.4 Å². The van der Waals surface area contributed by atoms with Gasteiger partial charge in [-0.15, -0.1) is 0 Å². The number of nitrogens with zero attached hydrogens (tertiary/aromatic N) is 4. The van der Waals surface area contributed by atoms with Crippen LogP contribution in [0.15, 0.2) is 73.3 Å². The quantitative estimate of drug-likeness (QED) is 0.421. The first kappa shape index (κ1) is 21.7. The summed E-state index contributed by atoms with van der Waals surface area (Å²) in [4.78, 5) is 37.9. The summed E-state index contributed by atoms with van der Waals surface area (Å²) in [5, 5.41) is 12.5. The van der Waals surface area contributed by atoms with Gasteiger partial charge in [-0.05, 0) is 24.3 Å². The molecule has 2 N–H and O–H groups in total. The Morgan fingerprint density at radius 2 is 1.74 bits per heavy atom. The predicted molar refractivity (Wildman–Crippen MR) is 121 cm³/mol. The lowest BCUT2D eigenvalue weighted by molar-refractivity contribution is -0.0500. The molecule has 1 saturated heterocycles. The zero-order chi connectivity index (χ0) is 23.5. The summed E-state index contributed by atoms with van der Waals surface area (Å²) in [7, 11) is 0. The first-order valence-corrected chi connectivity index (χ1v) is 10.7. The second-order valence-electron chi connectivity index (χ2n) is 7.72.